The highest BCUT2D eigenvalue weighted by atomic mass is 16.2. The fourth-order valence-electron chi connectivity index (χ4n) is 2.48. The first kappa shape index (κ1) is 13.2. The normalized spacial score (nSPS) is 27.2. The molecule has 3 atom stereocenters. The maximum Gasteiger partial charge on any atom is 0.239 e. The molecule has 0 radical (unpaired) electrons. The molecule has 0 saturated heterocycles. The summed E-state index contributed by atoms with van der Waals surface area (Å²) in [5.41, 5.74) is 5.81. The average molecular weight is 224 g/mol. The van der Waals surface area contributed by atoms with E-state index in [0.29, 0.717) is 12.5 Å². The monoisotopic (exact) mass is 224 g/mol. The molecule has 0 bridgehead atoms. The third-order valence-corrected chi connectivity index (χ3v) is 3.54. The second-order valence-corrected chi connectivity index (χ2v) is 5.01. The van der Waals surface area contributed by atoms with Gasteiger partial charge in [0.15, 0.2) is 0 Å². The van der Waals surface area contributed by atoms with E-state index in [1.807, 2.05) is 11.9 Å². The van der Waals surface area contributed by atoms with Gasteiger partial charge in [-0.05, 0) is 25.2 Å². The quantitative estimate of drug-likeness (QED) is 0.742. The lowest BCUT2D eigenvalue weighted by molar-refractivity contribution is -0.134. The molecule has 0 heterocycles. The molecular formula is C13H24N2O. The number of carbonyl (C=O) groups is 1. The molecular weight excluding hydrogens is 200 g/mol. The summed E-state index contributed by atoms with van der Waals surface area (Å²) in [5, 5.41) is 0. The lowest BCUT2D eigenvalue weighted by Crippen LogP contribution is -2.47. The highest BCUT2D eigenvalue weighted by Gasteiger charge is 2.27. The molecule has 92 valence electrons. The number of hydrogen-bond acceptors (Lipinski definition) is 2. The molecule has 3 unspecified atom stereocenters. The Morgan fingerprint density at radius 1 is 1.62 bits per heavy atom. The van der Waals surface area contributed by atoms with Crippen molar-refractivity contribution >= 4 is 5.91 Å². The highest BCUT2D eigenvalue weighted by Crippen LogP contribution is 2.26. The van der Waals surface area contributed by atoms with E-state index < -0.39 is 6.04 Å². The van der Waals surface area contributed by atoms with Crippen molar-refractivity contribution < 1.29 is 4.79 Å². The molecule has 1 rings (SSSR count). The van der Waals surface area contributed by atoms with E-state index in [2.05, 4.69) is 13.5 Å². The molecule has 1 amide bonds. The number of likely N-dealkylation sites (N-methyl/N-ethyl adjacent to an activating group) is 1. The number of hydrogen-bond donors (Lipinski definition) is 1. The standard InChI is InChI=1S/C13H24N2O/c1-4-6-12(14)13(16)15(3)11-8-5-7-10(2)9-11/h4,10-12H,1,5-9,14H2,2-3H3. The first-order valence-corrected chi connectivity index (χ1v) is 6.19. The molecule has 1 saturated carbocycles. The van der Waals surface area contributed by atoms with Gasteiger partial charge in [-0.3, -0.25) is 4.79 Å². The van der Waals surface area contributed by atoms with E-state index in [1.165, 1.54) is 12.8 Å². The summed E-state index contributed by atoms with van der Waals surface area (Å²) in [7, 11) is 1.88. The smallest absolute Gasteiger partial charge is 0.239 e. The first-order valence-electron chi connectivity index (χ1n) is 6.19. The van der Waals surface area contributed by atoms with Gasteiger partial charge in [0, 0.05) is 13.1 Å². The Hall–Kier alpha value is -0.830. The molecule has 0 spiro atoms. The van der Waals surface area contributed by atoms with Crippen molar-refractivity contribution in [3.05, 3.63) is 12.7 Å². The third-order valence-electron chi connectivity index (χ3n) is 3.54. The van der Waals surface area contributed by atoms with Crippen molar-refractivity contribution in [2.24, 2.45) is 11.7 Å². The lowest BCUT2D eigenvalue weighted by atomic mass is 9.86. The van der Waals surface area contributed by atoms with Gasteiger partial charge in [-0.2, -0.15) is 0 Å². The molecule has 1 aliphatic rings. The Balaban J connectivity index is 2.51. The van der Waals surface area contributed by atoms with Gasteiger partial charge >= 0.3 is 0 Å². The van der Waals surface area contributed by atoms with Gasteiger partial charge in [0.1, 0.15) is 0 Å². The van der Waals surface area contributed by atoms with Crippen LogP contribution < -0.4 is 5.73 Å². The summed E-state index contributed by atoms with van der Waals surface area (Å²) in [4.78, 5) is 13.8. The molecule has 3 heteroatoms. The van der Waals surface area contributed by atoms with Gasteiger partial charge in [-0.15, -0.1) is 6.58 Å². The van der Waals surface area contributed by atoms with Crippen LogP contribution in [0.4, 0.5) is 0 Å². The highest BCUT2D eigenvalue weighted by molar-refractivity contribution is 5.81. The van der Waals surface area contributed by atoms with Crippen LogP contribution in [0.15, 0.2) is 12.7 Å². The topological polar surface area (TPSA) is 46.3 Å². The molecule has 0 aromatic heterocycles. The second kappa shape index (κ2) is 6.04. The van der Waals surface area contributed by atoms with E-state index in [9.17, 15) is 4.79 Å². The van der Waals surface area contributed by atoms with E-state index in [1.54, 1.807) is 6.08 Å². The summed E-state index contributed by atoms with van der Waals surface area (Å²) in [6, 6.07) is -0.0353. The van der Waals surface area contributed by atoms with Crippen molar-refractivity contribution in [1.82, 2.24) is 4.90 Å². The van der Waals surface area contributed by atoms with Crippen molar-refractivity contribution in [2.45, 2.75) is 51.1 Å². The van der Waals surface area contributed by atoms with Gasteiger partial charge in [0.2, 0.25) is 5.91 Å². The average Bonchev–Trinajstić information content (AvgIpc) is 2.27. The van der Waals surface area contributed by atoms with Crippen molar-refractivity contribution in [3.8, 4) is 0 Å². The van der Waals surface area contributed by atoms with Gasteiger partial charge in [-0.25, -0.2) is 0 Å². The van der Waals surface area contributed by atoms with E-state index in [0.717, 1.165) is 18.8 Å². The van der Waals surface area contributed by atoms with Gasteiger partial charge in [0.25, 0.3) is 0 Å². The molecule has 3 nitrogen and oxygen atoms in total. The van der Waals surface area contributed by atoms with Crippen LogP contribution in [0.25, 0.3) is 0 Å². The SMILES string of the molecule is C=CCC(N)C(=O)N(C)C1CCCC(C)C1. The number of nitrogens with two attached hydrogens (primary N) is 1. The summed E-state index contributed by atoms with van der Waals surface area (Å²) in [6.45, 7) is 5.87. The minimum Gasteiger partial charge on any atom is -0.341 e. The zero-order chi connectivity index (χ0) is 12.1. The molecule has 0 aliphatic heterocycles. The summed E-state index contributed by atoms with van der Waals surface area (Å²) >= 11 is 0. The Labute approximate surface area is 98.7 Å². The first-order chi connectivity index (χ1) is 7.56. The molecule has 1 fully saturated rings. The second-order valence-electron chi connectivity index (χ2n) is 5.01. The van der Waals surface area contributed by atoms with Crippen LogP contribution in [-0.2, 0) is 4.79 Å². The molecule has 16 heavy (non-hydrogen) atoms. The summed E-state index contributed by atoms with van der Waals surface area (Å²) < 4.78 is 0. The van der Waals surface area contributed by atoms with Crippen LogP contribution in [0, 0.1) is 5.92 Å². The van der Waals surface area contributed by atoms with Gasteiger partial charge in [-0.1, -0.05) is 25.8 Å². The Bertz CT molecular complexity index is 252. The maximum atomic E-state index is 12.0. The predicted octanol–water partition coefficient (Wildman–Crippen LogP) is 1.93. The van der Waals surface area contributed by atoms with Crippen LogP contribution in [-0.4, -0.2) is 29.9 Å². The third kappa shape index (κ3) is 3.34. The summed E-state index contributed by atoms with van der Waals surface area (Å²) in [6.07, 6.45) is 7.01. The van der Waals surface area contributed by atoms with Gasteiger partial charge in [0.05, 0.1) is 6.04 Å². The molecule has 0 aromatic carbocycles. The number of carbonyl (C=O) groups excluding carboxylic acids is 1. The lowest BCUT2D eigenvalue weighted by Gasteiger charge is -2.35. The van der Waals surface area contributed by atoms with Crippen molar-refractivity contribution in [1.29, 1.82) is 0 Å². The van der Waals surface area contributed by atoms with E-state index in [4.69, 9.17) is 5.73 Å². The van der Waals surface area contributed by atoms with Crippen LogP contribution in [0.2, 0.25) is 0 Å². The molecule has 2 N–H and O–H groups in total. The minimum absolute atomic E-state index is 0.0546. The maximum absolute atomic E-state index is 12.0. The molecule has 1 aliphatic carbocycles. The van der Waals surface area contributed by atoms with E-state index >= 15 is 0 Å². The Morgan fingerprint density at radius 2 is 2.31 bits per heavy atom. The van der Waals surface area contributed by atoms with E-state index in [-0.39, 0.29) is 5.91 Å². The van der Waals surface area contributed by atoms with Crippen molar-refractivity contribution in [3.63, 3.8) is 0 Å². The minimum atomic E-state index is -0.417. The Kier molecular flexibility index (Phi) is 5.00. The van der Waals surface area contributed by atoms with Gasteiger partial charge < -0.3 is 10.6 Å². The predicted molar refractivity (Wildman–Crippen MR) is 67.0 cm³/mol. The van der Waals surface area contributed by atoms with Crippen LogP contribution in [0.5, 0.6) is 0 Å². The zero-order valence-corrected chi connectivity index (χ0v) is 10.5. The fourth-order valence-corrected chi connectivity index (χ4v) is 2.48. The Morgan fingerprint density at radius 3 is 2.88 bits per heavy atom. The van der Waals surface area contributed by atoms with Crippen LogP contribution in [0.3, 0.4) is 0 Å². The number of nitrogens with zero attached hydrogens (tertiary/aromatic N) is 1. The largest absolute Gasteiger partial charge is 0.341 e. The van der Waals surface area contributed by atoms with Crippen LogP contribution >= 0.6 is 0 Å². The summed E-state index contributed by atoms with van der Waals surface area (Å²) in [5.74, 6) is 0.781. The van der Waals surface area contributed by atoms with Crippen molar-refractivity contribution in [2.75, 3.05) is 7.05 Å². The zero-order valence-electron chi connectivity index (χ0n) is 10.5. The number of amides is 1. The molecule has 0 aromatic rings. The number of rotatable bonds is 4. The van der Waals surface area contributed by atoms with Crippen LogP contribution in [0.1, 0.15) is 39.0 Å². The fraction of sp³-hybridized carbons (Fsp3) is 0.769.